The maximum atomic E-state index is 12.1. The van der Waals surface area contributed by atoms with E-state index in [1.165, 1.54) is 0 Å². The highest BCUT2D eigenvalue weighted by atomic mass is 79.9. The minimum Gasteiger partial charge on any atom is -0.480 e. The Morgan fingerprint density at radius 1 is 1.24 bits per heavy atom. The number of rotatable bonds is 4. The van der Waals surface area contributed by atoms with Crippen molar-refractivity contribution in [2.45, 2.75) is 31.7 Å². The average molecular weight is 355 g/mol. The summed E-state index contributed by atoms with van der Waals surface area (Å²) in [4.78, 5) is 25.2. The van der Waals surface area contributed by atoms with Crippen molar-refractivity contribution in [3.63, 3.8) is 0 Å². The van der Waals surface area contributed by atoms with E-state index in [1.807, 2.05) is 12.1 Å². The monoisotopic (exact) mass is 354 g/mol. The number of nitrogens with one attached hydrogen (secondary N) is 1. The highest BCUT2D eigenvalue weighted by molar-refractivity contribution is 9.10. The molecule has 1 saturated heterocycles. The Morgan fingerprint density at radius 3 is 2.62 bits per heavy atom. The normalized spacial score (nSPS) is 19.8. The zero-order chi connectivity index (χ0) is 15.2. The minimum atomic E-state index is -0.839. The minimum absolute atomic E-state index is 0.118. The van der Waals surface area contributed by atoms with Gasteiger partial charge in [0.25, 0.3) is 0 Å². The summed E-state index contributed by atoms with van der Waals surface area (Å²) in [5, 5.41) is 12.1. The molecule has 1 fully saturated rings. The third-order valence-corrected chi connectivity index (χ3v) is 4.15. The van der Waals surface area contributed by atoms with Gasteiger partial charge in [-0.2, -0.15) is 0 Å². The predicted octanol–water partition coefficient (Wildman–Crippen LogP) is 2.72. The first kappa shape index (κ1) is 16.0. The number of carboxylic acid groups (broad SMARTS) is 1. The summed E-state index contributed by atoms with van der Waals surface area (Å²) in [6, 6.07) is 6.75. The van der Waals surface area contributed by atoms with Crippen LogP contribution in [0.4, 0.5) is 5.69 Å². The first-order valence-corrected chi connectivity index (χ1v) is 7.88. The van der Waals surface area contributed by atoms with E-state index in [9.17, 15) is 14.7 Å². The van der Waals surface area contributed by atoms with E-state index in [0.717, 1.165) is 23.7 Å². The Hall–Kier alpha value is -1.40. The fraction of sp³-hybridized carbons (Fsp3) is 0.467. The van der Waals surface area contributed by atoms with Crippen LogP contribution in [0.15, 0.2) is 28.7 Å². The van der Waals surface area contributed by atoms with Crippen LogP contribution in [0, 0.1) is 0 Å². The van der Waals surface area contributed by atoms with Crippen LogP contribution in [0.3, 0.4) is 0 Å². The molecule has 1 atom stereocenters. The first-order chi connectivity index (χ1) is 10.1. The van der Waals surface area contributed by atoms with Gasteiger partial charge < -0.3 is 10.4 Å². The van der Waals surface area contributed by atoms with Gasteiger partial charge in [-0.15, -0.1) is 0 Å². The van der Waals surface area contributed by atoms with E-state index in [0.29, 0.717) is 18.7 Å². The summed E-state index contributed by atoms with van der Waals surface area (Å²) in [5.41, 5.74) is 0.713. The molecule has 1 heterocycles. The molecule has 21 heavy (non-hydrogen) atoms. The van der Waals surface area contributed by atoms with Crippen molar-refractivity contribution in [2.24, 2.45) is 0 Å². The summed E-state index contributed by atoms with van der Waals surface area (Å²) >= 11 is 3.34. The standard InChI is InChI=1S/C15H19BrN2O3/c16-11-5-7-12(8-6-11)17-14(19)10-18-9-3-1-2-4-13(18)15(20)21/h5-8,13H,1-4,9-10H2,(H,17,19)(H,20,21). The Labute approximate surface area is 132 Å². The second-order valence-electron chi connectivity index (χ2n) is 5.23. The number of hydrogen-bond donors (Lipinski definition) is 2. The maximum Gasteiger partial charge on any atom is 0.320 e. The molecule has 1 amide bonds. The molecule has 2 N–H and O–H groups in total. The lowest BCUT2D eigenvalue weighted by atomic mass is 10.1. The molecule has 0 radical (unpaired) electrons. The topological polar surface area (TPSA) is 69.6 Å². The molecular formula is C15H19BrN2O3. The van der Waals surface area contributed by atoms with Crippen LogP contribution in [0.5, 0.6) is 0 Å². The van der Waals surface area contributed by atoms with Crippen molar-refractivity contribution in [3.8, 4) is 0 Å². The van der Waals surface area contributed by atoms with Gasteiger partial charge in [-0.3, -0.25) is 14.5 Å². The third kappa shape index (κ3) is 4.82. The zero-order valence-corrected chi connectivity index (χ0v) is 13.3. The lowest BCUT2D eigenvalue weighted by molar-refractivity contribution is -0.143. The number of hydrogen-bond acceptors (Lipinski definition) is 3. The van der Waals surface area contributed by atoms with E-state index in [4.69, 9.17) is 0 Å². The van der Waals surface area contributed by atoms with E-state index in [2.05, 4.69) is 21.2 Å². The first-order valence-electron chi connectivity index (χ1n) is 7.08. The van der Waals surface area contributed by atoms with Crippen molar-refractivity contribution >= 4 is 33.5 Å². The van der Waals surface area contributed by atoms with Gasteiger partial charge in [-0.25, -0.2) is 0 Å². The van der Waals surface area contributed by atoms with E-state index < -0.39 is 12.0 Å². The second kappa shape index (κ2) is 7.56. The molecule has 1 aliphatic rings. The van der Waals surface area contributed by atoms with Gasteiger partial charge in [0.2, 0.25) is 5.91 Å². The quantitative estimate of drug-likeness (QED) is 0.871. The van der Waals surface area contributed by atoms with Gasteiger partial charge in [-0.05, 0) is 43.7 Å². The third-order valence-electron chi connectivity index (χ3n) is 3.62. The smallest absolute Gasteiger partial charge is 0.320 e. The van der Waals surface area contributed by atoms with Crippen LogP contribution < -0.4 is 5.32 Å². The number of amides is 1. The van der Waals surface area contributed by atoms with Crippen molar-refractivity contribution < 1.29 is 14.7 Å². The van der Waals surface area contributed by atoms with Gasteiger partial charge in [0.1, 0.15) is 6.04 Å². The average Bonchev–Trinajstić information content (AvgIpc) is 2.67. The summed E-state index contributed by atoms with van der Waals surface area (Å²) in [7, 11) is 0. The number of nitrogens with zero attached hydrogens (tertiary/aromatic N) is 1. The second-order valence-corrected chi connectivity index (χ2v) is 6.14. The lowest BCUT2D eigenvalue weighted by Gasteiger charge is -2.25. The largest absolute Gasteiger partial charge is 0.480 e. The van der Waals surface area contributed by atoms with Crippen LogP contribution in [0.25, 0.3) is 0 Å². The summed E-state index contributed by atoms with van der Waals surface area (Å²) in [5.74, 6) is -1.01. The van der Waals surface area contributed by atoms with Crippen molar-refractivity contribution in [3.05, 3.63) is 28.7 Å². The zero-order valence-electron chi connectivity index (χ0n) is 11.7. The highest BCUT2D eigenvalue weighted by Crippen LogP contribution is 2.18. The van der Waals surface area contributed by atoms with Crippen molar-refractivity contribution in [1.82, 2.24) is 4.90 Å². The van der Waals surface area contributed by atoms with Gasteiger partial charge in [0, 0.05) is 10.2 Å². The summed E-state index contributed by atoms with van der Waals surface area (Å²) in [6.07, 6.45) is 3.48. The number of benzene rings is 1. The lowest BCUT2D eigenvalue weighted by Crippen LogP contribution is -2.44. The molecule has 0 saturated carbocycles. The molecule has 1 aromatic carbocycles. The van der Waals surface area contributed by atoms with Crippen LogP contribution >= 0.6 is 15.9 Å². The SMILES string of the molecule is O=C(CN1CCCCCC1C(=O)O)Nc1ccc(Br)cc1. The molecule has 1 aromatic rings. The number of aliphatic carboxylic acids is 1. The van der Waals surface area contributed by atoms with Crippen LogP contribution in [-0.2, 0) is 9.59 Å². The summed E-state index contributed by atoms with van der Waals surface area (Å²) < 4.78 is 0.943. The molecule has 1 aliphatic heterocycles. The van der Waals surface area contributed by atoms with E-state index in [1.54, 1.807) is 17.0 Å². The Morgan fingerprint density at radius 2 is 1.95 bits per heavy atom. The van der Waals surface area contributed by atoms with Crippen LogP contribution in [-0.4, -0.2) is 41.0 Å². The van der Waals surface area contributed by atoms with E-state index >= 15 is 0 Å². The number of anilines is 1. The number of carbonyl (C=O) groups is 2. The molecule has 0 aromatic heterocycles. The molecule has 0 spiro atoms. The molecule has 5 nitrogen and oxygen atoms in total. The molecular weight excluding hydrogens is 336 g/mol. The molecule has 6 heteroatoms. The molecule has 1 unspecified atom stereocenters. The Kier molecular flexibility index (Phi) is 5.76. The molecule has 0 bridgehead atoms. The fourth-order valence-corrected chi connectivity index (χ4v) is 2.82. The van der Waals surface area contributed by atoms with Crippen molar-refractivity contribution in [1.29, 1.82) is 0 Å². The van der Waals surface area contributed by atoms with E-state index in [-0.39, 0.29) is 12.5 Å². The maximum absolute atomic E-state index is 12.1. The number of halogens is 1. The fourth-order valence-electron chi connectivity index (χ4n) is 2.55. The Balaban J connectivity index is 1.96. The number of likely N-dealkylation sites (tertiary alicyclic amines) is 1. The van der Waals surface area contributed by atoms with Crippen molar-refractivity contribution in [2.75, 3.05) is 18.4 Å². The Bertz CT molecular complexity index is 504. The van der Waals surface area contributed by atoms with Gasteiger partial charge in [0.15, 0.2) is 0 Å². The molecule has 114 valence electrons. The molecule has 2 rings (SSSR count). The van der Waals surface area contributed by atoms with Gasteiger partial charge in [0.05, 0.1) is 6.54 Å². The number of carboxylic acids is 1. The predicted molar refractivity (Wildman–Crippen MR) is 84.2 cm³/mol. The number of carbonyl (C=O) groups excluding carboxylic acids is 1. The summed E-state index contributed by atoms with van der Waals surface area (Å²) in [6.45, 7) is 0.776. The van der Waals surface area contributed by atoms with Crippen LogP contribution in [0.1, 0.15) is 25.7 Å². The van der Waals surface area contributed by atoms with Gasteiger partial charge in [-0.1, -0.05) is 28.8 Å². The van der Waals surface area contributed by atoms with Gasteiger partial charge >= 0.3 is 5.97 Å². The highest BCUT2D eigenvalue weighted by Gasteiger charge is 2.28. The molecule has 0 aliphatic carbocycles. The van der Waals surface area contributed by atoms with Crippen LogP contribution in [0.2, 0.25) is 0 Å².